The van der Waals surface area contributed by atoms with E-state index in [-0.39, 0.29) is 17.8 Å². The molecule has 2 atom stereocenters. The quantitative estimate of drug-likeness (QED) is 0.323. The van der Waals surface area contributed by atoms with Gasteiger partial charge in [-0.05, 0) is 30.5 Å². The summed E-state index contributed by atoms with van der Waals surface area (Å²) in [5.41, 5.74) is 1.10. The highest BCUT2D eigenvalue weighted by atomic mass is 16.5. The number of nitrogens with zero attached hydrogens (tertiary/aromatic N) is 2. The SMILES string of the molecule is CCNC(=NCc1ccc(OCCOC)cc1)N1CC(C)C(C(=O)OC)C1. The van der Waals surface area contributed by atoms with Crippen molar-refractivity contribution in [1.29, 1.82) is 0 Å². The molecule has 27 heavy (non-hydrogen) atoms. The predicted octanol–water partition coefficient (Wildman–Crippen LogP) is 1.92. The van der Waals surface area contributed by atoms with E-state index in [9.17, 15) is 4.79 Å². The zero-order valence-corrected chi connectivity index (χ0v) is 16.7. The number of hydrogen-bond donors (Lipinski definition) is 1. The summed E-state index contributed by atoms with van der Waals surface area (Å²) in [6, 6.07) is 7.91. The Bertz CT molecular complexity index is 618. The highest BCUT2D eigenvalue weighted by molar-refractivity contribution is 5.82. The van der Waals surface area contributed by atoms with Gasteiger partial charge in [0, 0.05) is 26.7 Å². The number of aliphatic imine (C=N–C) groups is 1. The average molecular weight is 377 g/mol. The molecule has 7 heteroatoms. The highest BCUT2D eigenvalue weighted by Gasteiger charge is 2.36. The number of ether oxygens (including phenoxy) is 3. The number of esters is 1. The van der Waals surface area contributed by atoms with Crippen LogP contribution >= 0.6 is 0 Å². The van der Waals surface area contributed by atoms with E-state index in [2.05, 4.69) is 17.1 Å². The lowest BCUT2D eigenvalue weighted by Gasteiger charge is -2.21. The summed E-state index contributed by atoms with van der Waals surface area (Å²) >= 11 is 0. The number of hydrogen-bond acceptors (Lipinski definition) is 5. The monoisotopic (exact) mass is 377 g/mol. The van der Waals surface area contributed by atoms with E-state index in [1.165, 1.54) is 7.11 Å². The molecule has 1 aliphatic heterocycles. The van der Waals surface area contributed by atoms with Crippen molar-refractivity contribution in [2.75, 3.05) is 47.1 Å². The second-order valence-corrected chi connectivity index (χ2v) is 6.67. The van der Waals surface area contributed by atoms with Crippen LogP contribution in [0.1, 0.15) is 19.4 Å². The van der Waals surface area contributed by atoms with E-state index in [0.717, 1.165) is 30.4 Å². The summed E-state index contributed by atoms with van der Waals surface area (Å²) in [5, 5.41) is 3.32. The minimum absolute atomic E-state index is 0.109. The minimum atomic E-state index is -0.148. The Labute approximate surface area is 161 Å². The Morgan fingerprint density at radius 3 is 2.59 bits per heavy atom. The summed E-state index contributed by atoms with van der Waals surface area (Å²) in [6.07, 6.45) is 0. The number of carbonyl (C=O) groups excluding carboxylic acids is 1. The maximum atomic E-state index is 11.9. The molecular weight excluding hydrogens is 346 g/mol. The molecule has 1 saturated heterocycles. The second kappa shape index (κ2) is 10.8. The molecule has 0 amide bonds. The fraction of sp³-hybridized carbons (Fsp3) is 0.600. The topological polar surface area (TPSA) is 72.4 Å². The lowest BCUT2D eigenvalue weighted by molar-refractivity contribution is -0.145. The Kier molecular flexibility index (Phi) is 8.39. The van der Waals surface area contributed by atoms with Crippen LogP contribution in [0.5, 0.6) is 5.75 Å². The third-order valence-corrected chi connectivity index (χ3v) is 4.64. The van der Waals surface area contributed by atoms with Crippen LogP contribution in [-0.4, -0.2) is 63.9 Å². The fourth-order valence-corrected chi connectivity index (χ4v) is 3.12. The van der Waals surface area contributed by atoms with Gasteiger partial charge in [0.2, 0.25) is 0 Å². The maximum Gasteiger partial charge on any atom is 0.310 e. The van der Waals surface area contributed by atoms with Gasteiger partial charge in [-0.3, -0.25) is 4.79 Å². The zero-order valence-electron chi connectivity index (χ0n) is 16.7. The lowest BCUT2D eigenvalue weighted by atomic mass is 9.99. The number of methoxy groups -OCH3 is 2. The van der Waals surface area contributed by atoms with Gasteiger partial charge in [-0.1, -0.05) is 19.1 Å². The molecule has 1 fully saturated rings. The molecule has 0 bridgehead atoms. The summed E-state index contributed by atoms with van der Waals surface area (Å²) in [6.45, 7) is 7.98. The first-order valence-corrected chi connectivity index (χ1v) is 9.40. The van der Waals surface area contributed by atoms with Crippen molar-refractivity contribution >= 4 is 11.9 Å². The molecule has 0 aromatic heterocycles. The number of guanidine groups is 1. The molecule has 1 heterocycles. The smallest absolute Gasteiger partial charge is 0.310 e. The maximum absolute atomic E-state index is 11.9. The van der Waals surface area contributed by atoms with Crippen molar-refractivity contribution in [1.82, 2.24) is 10.2 Å². The van der Waals surface area contributed by atoms with Gasteiger partial charge in [-0.25, -0.2) is 4.99 Å². The van der Waals surface area contributed by atoms with Gasteiger partial charge in [-0.2, -0.15) is 0 Å². The van der Waals surface area contributed by atoms with E-state index >= 15 is 0 Å². The predicted molar refractivity (Wildman–Crippen MR) is 105 cm³/mol. The molecule has 2 unspecified atom stereocenters. The molecule has 1 N–H and O–H groups in total. The van der Waals surface area contributed by atoms with Gasteiger partial charge in [0.25, 0.3) is 0 Å². The molecule has 0 spiro atoms. The Balaban J connectivity index is 1.98. The molecule has 1 aromatic carbocycles. The standard InChI is InChI=1S/C20H31N3O4/c1-5-21-20(23-13-15(2)18(14-23)19(24)26-4)22-12-16-6-8-17(9-7-16)27-11-10-25-3/h6-9,15,18H,5,10-14H2,1-4H3,(H,21,22). The number of benzene rings is 1. The molecule has 0 saturated carbocycles. The highest BCUT2D eigenvalue weighted by Crippen LogP contribution is 2.24. The van der Waals surface area contributed by atoms with Crippen molar-refractivity contribution in [3.8, 4) is 5.75 Å². The van der Waals surface area contributed by atoms with E-state index in [0.29, 0.717) is 26.3 Å². The molecule has 1 aliphatic rings. The summed E-state index contributed by atoms with van der Waals surface area (Å²) in [5.74, 6) is 1.63. The third-order valence-electron chi connectivity index (χ3n) is 4.64. The number of nitrogens with one attached hydrogen (secondary N) is 1. The van der Waals surface area contributed by atoms with Crippen LogP contribution < -0.4 is 10.1 Å². The van der Waals surface area contributed by atoms with Crippen LogP contribution in [0.2, 0.25) is 0 Å². The van der Waals surface area contributed by atoms with Crippen molar-refractivity contribution < 1.29 is 19.0 Å². The van der Waals surface area contributed by atoms with Crippen molar-refractivity contribution in [2.24, 2.45) is 16.8 Å². The third kappa shape index (κ3) is 6.13. The first-order chi connectivity index (χ1) is 13.1. The summed E-state index contributed by atoms with van der Waals surface area (Å²) in [4.78, 5) is 18.8. The van der Waals surface area contributed by atoms with E-state index < -0.39 is 0 Å². The van der Waals surface area contributed by atoms with Gasteiger partial charge in [0.1, 0.15) is 12.4 Å². The van der Waals surface area contributed by atoms with E-state index in [4.69, 9.17) is 19.2 Å². The zero-order chi connectivity index (χ0) is 19.6. The number of likely N-dealkylation sites (tertiary alicyclic amines) is 1. The van der Waals surface area contributed by atoms with Gasteiger partial charge in [-0.15, -0.1) is 0 Å². The fourth-order valence-electron chi connectivity index (χ4n) is 3.12. The van der Waals surface area contributed by atoms with Crippen LogP contribution in [0.25, 0.3) is 0 Å². The van der Waals surface area contributed by atoms with Crippen molar-refractivity contribution in [3.05, 3.63) is 29.8 Å². The van der Waals surface area contributed by atoms with E-state index in [1.807, 2.05) is 31.2 Å². The molecule has 1 aromatic rings. The van der Waals surface area contributed by atoms with Gasteiger partial charge in [0.05, 0.1) is 26.2 Å². The number of rotatable bonds is 8. The van der Waals surface area contributed by atoms with Gasteiger partial charge in [0.15, 0.2) is 5.96 Å². The Hall–Kier alpha value is -2.28. The average Bonchev–Trinajstić information content (AvgIpc) is 3.07. The van der Waals surface area contributed by atoms with Crippen molar-refractivity contribution in [2.45, 2.75) is 20.4 Å². The largest absolute Gasteiger partial charge is 0.491 e. The molecule has 7 nitrogen and oxygen atoms in total. The van der Waals surface area contributed by atoms with Crippen LogP contribution in [0.3, 0.4) is 0 Å². The van der Waals surface area contributed by atoms with Crippen molar-refractivity contribution in [3.63, 3.8) is 0 Å². The molecule has 0 radical (unpaired) electrons. The van der Waals surface area contributed by atoms with Crippen LogP contribution in [-0.2, 0) is 20.8 Å². The van der Waals surface area contributed by atoms with Crippen LogP contribution in [0.15, 0.2) is 29.3 Å². The summed E-state index contributed by atoms with van der Waals surface area (Å²) in [7, 11) is 3.10. The molecule has 0 aliphatic carbocycles. The number of carbonyl (C=O) groups is 1. The molecular formula is C20H31N3O4. The van der Waals surface area contributed by atoms with E-state index in [1.54, 1.807) is 7.11 Å². The molecule has 2 rings (SSSR count). The first-order valence-electron chi connectivity index (χ1n) is 9.40. The Morgan fingerprint density at radius 1 is 1.22 bits per heavy atom. The Morgan fingerprint density at radius 2 is 1.96 bits per heavy atom. The van der Waals surface area contributed by atoms with Crippen LogP contribution in [0, 0.1) is 11.8 Å². The van der Waals surface area contributed by atoms with Gasteiger partial charge >= 0.3 is 5.97 Å². The van der Waals surface area contributed by atoms with Gasteiger partial charge < -0.3 is 24.4 Å². The van der Waals surface area contributed by atoms with Crippen LogP contribution in [0.4, 0.5) is 0 Å². The second-order valence-electron chi connectivity index (χ2n) is 6.67. The molecule has 150 valence electrons. The lowest BCUT2D eigenvalue weighted by Crippen LogP contribution is -2.40. The minimum Gasteiger partial charge on any atom is -0.491 e. The first kappa shape index (κ1) is 21.0. The normalized spacial score (nSPS) is 19.9. The summed E-state index contributed by atoms with van der Waals surface area (Å²) < 4.78 is 15.5.